The number of aromatic nitrogens is 2. The van der Waals surface area contributed by atoms with Gasteiger partial charge in [-0.25, -0.2) is 0 Å². The summed E-state index contributed by atoms with van der Waals surface area (Å²) in [6.07, 6.45) is 21.2. The van der Waals surface area contributed by atoms with Crippen molar-refractivity contribution in [2.45, 2.75) is 50.0 Å². The molecule has 0 N–H and O–H groups in total. The molecule has 0 saturated carbocycles. The van der Waals surface area contributed by atoms with Crippen LogP contribution in [0.25, 0.3) is 73.7 Å². The van der Waals surface area contributed by atoms with Crippen LogP contribution in [0.5, 0.6) is 0 Å². The molecule has 3 aromatic heterocycles. The summed E-state index contributed by atoms with van der Waals surface area (Å²) >= 11 is 0. The molecule has 260 valence electrons. The predicted molar refractivity (Wildman–Crippen MR) is 224 cm³/mol. The van der Waals surface area contributed by atoms with Crippen molar-refractivity contribution in [3.63, 3.8) is 0 Å². The molecular weight excluding hydrogens is 657 g/mol. The van der Waals surface area contributed by atoms with Gasteiger partial charge in [-0.2, -0.15) is 0 Å². The minimum absolute atomic E-state index is 0.0381. The molecule has 0 amide bonds. The first-order valence-corrected chi connectivity index (χ1v) is 19.6. The molecule has 4 atom stereocenters. The summed E-state index contributed by atoms with van der Waals surface area (Å²) in [5.41, 5.74) is 11.3. The van der Waals surface area contributed by atoms with Crippen molar-refractivity contribution >= 4 is 68.0 Å². The van der Waals surface area contributed by atoms with E-state index in [9.17, 15) is 0 Å². The molecule has 0 spiro atoms. The Morgan fingerprint density at radius 3 is 2.35 bits per heavy atom. The Labute approximate surface area is 313 Å². The summed E-state index contributed by atoms with van der Waals surface area (Å²) in [7, 11) is 0. The molecule has 4 aliphatic carbocycles. The summed E-state index contributed by atoms with van der Waals surface area (Å²) in [5, 5.41) is 9.20. The second kappa shape index (κ2) is 11.0. The van der Waals surface area contributed by atoms with E-state index in [2.05, 4.69) is 181 Å². The molecule has 0 fully saturated rings. The zero-order valence-electron chi connectivity index (χ0n) is 30.5. The van der Waals surface area contributed by atoms with Crippen LogP contribution >= 0.6 is 0 Å². The zero-order valence-corrected chi connectivity index (χ0v) is 30.5. The van der Waals surface area contributed by atoms with Gasteiger partial charge in [0.2, 0.25) is 0 Å². The number of nitrogens with zero attached hydrogens (tertiary/aromatic N) is 2. The van der Waals surface area contributed by atoms with Crippen LogP contribution < -0.4 is 21.2 Å². The van der Waals surface area contributed by atoms with Crippen molar-refractivity contribution in [1.82, 2.24) is 9.13 Å². The summed E-state index contributed by atoms with van der Waals surface area (Å²) < 4.78 is 11.5. The third-order valence-electron chi connectivity index (χ3n) is 13.2. The van der Waals surface area contributed by atoms with Crippen molar-refractivity contribution in [2.75, 3.05) is 0 Å². The highest BCUT2D eigenvalue weighted by atomic mass is 16.3. The highest BCUT2D eigenvalue weighted by molar-refractivity contribution is 6.09. The Morgan fingerprint density at radius 1 is 0.667 bits per heavy atom. The molecule has 12 rings (SSSR count). The minimum Gasteiger partial charge on any atom is -0.456 e. The van der Waals surface area contributed by atoms with Crippen LogP contribution in [-0.4, -0.2) is 9.13 Å². The minimum atomic E-state index is -0.0381. The Bertz CT molecular complexity index is 3220. The van der Waals surface area contributed by atoms with E-state index in [0.717, 1.165) is 23.8 Å². The highest BCUT2D eigenvalue weighted by Crippen LogP contribution is 2.53. The van der Waals surface area contributed by atoms with Crippen LogP contribution in [0.15, 0.2) is 138 Å². The van der Waals surface area contributed by atoms with E-state index < -0.39 is 0 Å². The monoisotopic (exact) mass is 696 g/mol. The molecule has 4 aliphatic rings. The second-order valence-electron chi connectivity index (χ2n) is 16.4. The SMILES string of the molecule is CC1(C)c2cc3c(cc2C2C=c4c(oc5ccccc45)=CC21)c1c(n3C2C=CC=CC2)=CCC(c2ccc3c(c2)c2ccccc2n3-c2ccccc2)C=1. The fraction of sp³-hybridized carbons (Fsp3) is 0.176. The van der Waals surface area contributed by atoms with Crippen LogP contribution in [0.2, 0.25) is 0 Å². The maximum Gasteiger partial charge on any atom is 0.135 e. The van der Waals surface area contributed by atoms with Crippen LogP contribution in [0.4, 0.5) is 0 Å². The van der Waals surface area contributed by atoms with Crippen LogP contribution in [0.1, 0.15) is 61.3 Å². The van der Waals surface area contributed by atoms with Crippen LogP contribution in [0, 0.1) is 5.92 Å². The third-order valence-corrected chi connectivity index (χ3v) is 13.2. The fourth-order valence-corrected chi connectivity index (χ4v) is 10.6. The molecule has 5 aromatic carbocycles. The van der Waals surface area contributed by atoms with E-state index in [-0.39, 0.29) is 11.3 Å². The van der Waals surface area contributed by atoms with Crippen LogP contribution in [-0.2, 0) is 5.41 Å². The molecule has 0 bridgehead atoms. The Balaban J connectivity index is 1.07. The molecule has 0 radical (unpaired) electrons. The smallest absolute Gasteiger partial charge is 0.135 e. The number of fused-ring (bicyclic) bond motifs is 12. The molecule has 54 heavy (non-hydrogen) atoms. The Hall–Kier alpha value is -6.06. The lowest BCUT2D eigenvalue weighted by atomic mass is 9.74. The van der Waals surface area contributed by atoms with Gasteiger partial charge in [0.05, 0.1) is 17.1 Å². The van der Waals surface area contributed by atoms with Crippen molar-refractivity contribution in [1.29, 1.82) is 0 Å². The Morgan fingerprint density at radius 2 is 1.48 bits per heavy atom. The molecule has 0 saturated heterocycles. The standard InChI is InChI=1S/C51H40N2O/c1-51(2)43-29-48-41(27-37(43)38-28-42-36-18-10-12-20-49(36)54-50(42)30-44(38)51)40-26-32(22-24-47(40)53(48)34-15-7-4-8-16-34)31-21-23-46-39(25-31)35-17-9-11-19-45(35)52(46)33-13-5-3-6-14-33/h3-15,17-21,23-30,32,34,38,44H,16,22H2,1-2H3. The number of hydrogen-bond donors (Lipinski definition) is 0. The summed E-state index contributed by atoms with van der Waals surface area (Å²) in [6, 6.07) is 40.7. The number of benzene rings is 5. The first kappa shape index (κ1) is 30.4. The Kier molecular flexibility index (Phi) is 6.19. The predicted octanol–water partition coefficient (Wildman–Crippen LogP) is 9.56. The van der Waals surface area contributed by atoms with E-state index in [1.165, 1.54) is 76.3 Å². The van der Waals surface area contributed by atoms with Gasteiger partial charge in [0.25, 0.3) is 0 Å². The van der Waals surface area contributed by atoms with E-state index in [4.69, 9.17) is 4.42 Å². The van der Waals surface area contributed by atoms with Gasteiger partial charge in [0.15, 0.2) is 0 Å². The average Bonchev–Trinajstić information content (AvgIpc) is 3.91. The number of rotatable bonds is 3. The summed E-state index contributed by atoms with van der Waals surface area (Å²) in [4.78, 5) is 0. The van der Waals surface area contributed by atoms with Gasteiger partial charge in [-0.3, -0.25) is 0 Å². The summed E-state index contributed by atoms with van der Waals surface area (Å²) in [5.74, 6) is 0.924. The number of allylic oxidation sites excluding steroid dienone is 4. The first-order valence-electron chi connectivity index (χ1n) is 19.6. The fourth-order valence-electron chi connectivity index (χ4n) is 10.6. The van der Waals surface area contributed by atoms with Gasteiger partial charge in [-0.1, -0.05) is 117 Å². The second-order valence-corrected chi connectivity index (χ2v) is 16.4. The van der Waals surface area contributed by atoms with Gasteiger partial charge in [-0.05, 0) is 89.6 Å². The lowest BCUT2D eigenvalue weighted by Gasteiger charge is -2.29. The lowest BCUT2D eigenvalue weighted by molar-refractivity contribution is 0.415. The number of para-hydroxylation sites is 3. The van der Waals surface area contributed by atoms with Crippen molar-refractivity contribution in [2.24, 2.45) is 5.92 Å². The molecule has 3 heteroatoms. The first-order chi connectivity index (χ1) is 26.5. The molecule has 8 aromatic rings. The third kappa shape index (κ3) is 4.13. The van der Waals surface area contributed by atoms with E-state index in [1.807, 2.05) is 0 Å². The zero-order chi connectivity index (χ0) is 35.7. The van der Waals surface area contributed by atoms with Crippen LogP contribution in [0.3, 0.4) is 0 Å². The number of hydrogen-bond acceptors (Lipinski definition) is 1. The van der Waals surface area contributed by atoms with Crippen molar-refractivity contribution in [3.05, 3.63) is 171 Å². The maximum absolute atomic E-state index is 6.44. The number of furan rings is 1. The van der Waals surface area contributed by atoms with E-state index in [0.29, 0.717) is 17.9 Å². The van der Waals surface area contributed by atoms with Gasteiger partial charge in [0.1, 0.15) is 11.0 Å². The van der Waals surface area contributed by atoms with Gasteiger partial charge >= 0.3 is 0 Å². The highest BCUT2D eigenvalue weighted by Gasteiger charge is 2.46. The van der Waals surface area contributed by atoms with Gasteiger partial charge < -0.3 is 13.6 Å². The average molecular weight is 697 g/mol. The molecule has 4 unspecified atom stereocenters. The van der Waals surface area contributed by atoms with E-state index in [1.54, 1.807) is 0 Å². The van der Waals surface area contributed by atoms with Crippen molar-refractivity contribution in [3.8, 4) is 5.69 Å². The molecular formula is C51H40N2O. The molecule has 3 nitrogen and oxygen atoms in total. The largest absolute Gasteiger partial charge is 0.456 e. The normalized spacial score (nSPS) is 22.0. The lowest BCUT2D eigenvalue weighted by Crippen LogP contribution is -2.34. The summed E-state index contributed by atoms with van der Waals surface area (Å²) in [6.45, 7) is 4.88. The quantitative estimate of drug-likeness (QED) is 0.181. The van der Waals surface area contributed by atoms with Gasteiger partial charge in [-0.15, -0.1) is 0 Å². The van der Waals surface area contributed by atoms with Crippen molar-refractivity contribution < 1.29 is 4.42 Å². The van der Waals surface area contributed by atoms with Gasteiger partial charge in [0, 0.05) is 66.3 Å². The molecule has 3 heterocycles. The molecule has 0 aliphatic heterocycles. The van der Waals surface area contributed by atoms with E-state index >= 15 is 0 Å². The topological polar surface area (TPSA) is 23.0 Å². The maximum atomic E-state index is 6.44.